The number of aromatic nitrogens is 2. The first kappa shape index (κ1) is 17.8. The Morgan fingerprint density at radius 1 is 1.19 bits per heavy atom. The van der Waals surface area contributed by atoms with E-state index in [1.54, 1.807) is 36.2 Å². The van der Waals surface area contributed by atoms with Gasteiger partial charge in [0.25, 0.3) is 5.91 Å². The van der Waals surface area contributed by atoms with Gasteiger partial charge in [0.05, 0.1) is 11.9 Å². The molecule has 0 unspecified atom stereocenters. The van der Waals surface area contributed by atoms with Crippen molar-refractivity contribution in [2.75, 3.05) is 19.1 Å². The highest BCUT2D eigenvalue weighted by molar-refractivity contribution is 7.99. The molecule has 1 amide bonds. The van der Waals surface area contributed by atoms with Gasteiger partial charge in [0.2, 0.25) is 6.79 Å². The zero-order valence-electron chi connectivity index (χ0n) is 14.2. The summed E-state index contributed by atoms with van der Waals surface area (Å²) in [6.07, 6.45) is 1.79. The molecule has 2 heterocycles. The van der Waals surface area contributed by atoms with Crippen LogP contribution in [0.15, 0.2) is 53.8 Å². The molecule has 27 heavy (non-hydrogen) atoms. The second kappa shape index (κ2) is 7.94. The largest absolute Gasteiger partial charge is 0.454 e. The number of carbonyl (C=O) groups is 1. The average Bonchev–Trinajstić information content (AvgIpc) is 3.34. The first-order valence-electron chi connectivity index (χ1n) is 8.30. The number of hydrogen-bond donors (Lipinski definition) is 2. The minimum absolute atomic E-state index is 0.143. The first-order valence-corrected chi connectivity index (χ1v) is 9.67. The highest BCUT2D eigenvalue weighted by atomic mass is 35.5. The van der Waals surface area contributed by atoms with E-state index in [1.807, 2.05) is 24.3 Å². The van der Waals surface area contributed by atoms with Gasteiger partial charge in [0.15, 0.2) is 16.7 Å². The Kier molecular flexibility index (Phi) is 5.22. The lowest BCUT2D eigenvalue weighted by molar-refractivity contribution is 0.0955. The summed E-state index contributed by atoms with van der Waals surface area (Å²) in [6, 6.07) is 12.7. The van der Waals surface area contributed by atoms with E-state index in [9.17, 15) is 4.79 Å². The number of benzene rings is 2. The molecule has 3 aromatic rings. The molecule has 0 aliphatic carbocycles. The van der Waals surface area contributed by atoms with Gasteiger partial charge in [-0.1, -0.05) is 35.5 Å². The number of carbonyl (C=O) groups excluding carboxylic acids is 1. The maximum Gasteiger partial charge on any atom is 0.251 e. The van der Waals surface area contributed by atoms with E-state index in [0.717, 1.165) is 16.4 Å². The lowest BCUT2D eigenvalue weighted by Crippen LogP contribution is -2.25. The van der Waals surface area contributed by atoms with Crippen molar-refractivity contribution in [3.05, 3.63) is 59.2 Å². The Morgan fingerprint density at radius 2 is 2.00 bits per heavy atom. The summed E-state index contributed by atoms with van der Waals surface area (Å²) in [4.78, 5) is 19.8. The molecule has 0 radical (unpaired) electrons. The molecule has 0 atom stereocenters. The van der Waals surface area contributed by atoms with E-state index in [0.29, 0.717) is 34.4 Å². The zero-order chi connectivity index (χ0) is 18.6. The normalized spacial score (nSPS) is 12.2. The van der Waals surface area contributed by atoms with Gasteiger partial charge >= 0.3 is 0 Å². The van der Waals surface area contributed by atoms with Gasteiger partial charge in [0, 0.05) is 22.9 Å². The molecular weight excluding hydrogens is 386 g/mol. The average molecular weight is 402 g/mol. The van der Waals surface area contributed by atoms with Crippen molar-refractivity contribution in [2.45, 2.75) is 5.16 Å². The van der Waals surface area contributed by atoms with Crippen LogP contribution in [0.4, 0.5) is 0 Å². The highest BCUT2D eigenvalue weighted by Crippen LogP contribution is 2.32. The predicted molar refractivity (Wildman–Crippen MR) is 105 cm³/mol. The second-order valence-electron chi connectivity index (χ2n) is 5.78. The molecule has 0 spiro atoms. The molecule has 138 valence electrons. The molecule has 0 bridgehead atoms. The van der Waals surface area contributed by atoms with Crippen molar-refractivity contribution in [2.24, 2.45) is 0 Å². The number of fused-ring (bicyclic) bond motifs is 1. The minimum atomic E-state index is -0.143. The quantitative estimate of drug-likeness (QED) is 0.482. The maximum absolute atomic E-state index is 12.2. The number of nitrogens with one attached hydrogen (secondary N) is 2. The molecule has 0 fully saturated rings. The van der Waals surface area contributed by atoms with Crippen LogP contribution in [-0.4, -0.2) is 35.0 Å². The second-order valence-corrected chi connectivity index (χ2v) is 7.30. The van der Waals surface area contributed by atoms with Gasteiger partial charge in [0.1, 0.15) is 0 Å². The number of rotatable bonds is 6. The molecule has 0 saturated carbocycles. The van der Waals surface area contributed by atoms with Gasteiger partial charge in [-0.15, -0.1) is 0 Å². The fourth-order valence-electron chi connectivity index (χ4n) is 2.60. The highest BCUT2D eigenvalue weighted by Gasteiger charge is 2.16. The summed E-state index contributed by atoms with van der Waals surface area (Å²) in [7, 11) is 0. The SMILES string of the molecule is O=C(NCCSc1ncc(-c2ccc(Cl)cc2)[nH]1)c1ccc2c(c1)OCO2. The van der Waals surface area contributed by atoms with Gasteiger partial charge in [-0.2, -0.15) is 0 Å². The predicted octanol–water partition coefficient (Wildman–Crippen LogP) is 3.98. The number of imidazole rings is 1. The number of amides is 1. The van der Waals surface area contributed by atoms with Crippen molar-refractivity contribution in [1.29, 1.82) is 0 Å². The summed E-state index contributed by atoms with van der Waals surface area (Å²) in [5.41, 5.74) is 2.50. The third kappa shape index (κ3) is 4.20. The molecule has 0 saturated heterocycles. The molecule has 8 heteroatoms. The van der Waals surface area contributed by atoms with E-state index in [1.165, 1.54) is 0 Å². The molecule has 1 aliphatic heterocycles. The number of halogens is 1. The van der Waals surface area contributed by atoms with Gasteiger partial charge in [-0.25, -0.2) is 4.98 Å². The summed E-state index contributed by atoms with van der Waals surface area (Å²) in [5, 5.41) is 4.40. The fraction of sp³-hybridized carbons (Fsp3) is 0.158. The minimum Gasteiger partial charge on any atom is -0.454 e. The zero-order valence-corrected chi connectivity index (χ0v) is 15.8. The van der Waals surface area contributed by atoms with Crippen LogP contribution in [0.25, 0.3) is 11.3 Å². The number of aromatic amines is 1. The third-order valence-electron chi connectivity index (χ3n) is 3.97. The molecule has 2 N–H and O–H groups in total. The number of thioether (sulfide) groups is 1. The van der Waals surface area contributed by atoms with Gasteiger partial charge in [-0.3, -0.25) is 4.79 Å². The Balaban J connectivity index is 1.26. The molecule has 2 aromatic carbocycles. The van der Waals surface area contributed by atoms with E-state index < -0.39 is 0 Å². The fourth-order valence-corrected chi connectivity index (χ4v) is 3.44. The summed E-state index contributed by atoms with van der Waals surface area (Å²) < 4.78 is 10.5. The van der Waals surface area contributed by atoms with E-state index in [4.69, 9.17) is 21.1 Å². The van der Waals surface area contributed by atoms with Crippen LogP contribution < -0.4 is 14.8 Å². The van der Waals surface area contributed by atoms with Crippen molar-refractivity contribution >= 4 is 29.3 Å². The van der Waals surface area contributed by atoms with Crippen LogP contribution in [-0.2, 0) is 0 Å². The van der Waals surface area contributed by atoms with Crippen molar-refractivity contribution in [1.82, 2.24) is 15.3 Å². The summed E-state index contributed by atoms with van der Waals surface area (Å²) in [5.74, 6) is 1.82. The van der Waals surface area contributed by atoms with Crippen molar-refractivity contribution in [3.63, 3.8) is 0 Å². The lowest BCUT2D eigenvalue weighted by Gasteiger charge is -2.05. The smallest absolute Gasteiger partial charge is 0.251 e. The van der Waals surface area contributed by atoms with Crippen LogP contribution in [0.3, 0.4) is 0 Å². The number of hydrogen-bond acceptors (Lipinski definition) is 5. The Bertz CT molecular complexity index is 959. The number of ether oxygens (including phenoxy) is 2. The monoisotopic (exact) mass is 401 g/mol. The summed E-state index contributed by atoms with van der Waals surface area (Å²) in [6.45, 7) is 0.715. The third-order valence-corrected chi connectivity index (χ3v) is 5.11. The molecule has 1 aliphatic rings. The number of nitrogens with zero attached hydrogens (tertiary/aromatic N) is 1. The number of H-pyrrole nitrogens is 1. The van der Waals surface area contributed by atoms with Gasteiger partial charge in [-0.05, 0) is 35.9 Å². The van der Waals surface area contributed by atoms with E-state index in [2.05, 4.69) is 15.3 Å². The van der Waals surface area contributed by atoms with Crippen LogP contribution >= 0.6 is 23.4 Å². The lowest BCUT2D eigenvalue weighted by atomic mass is 10.2. The van der Waals surface area contributed by atoms with E-state index in [-0.39, 0.29) is 12.7 Å². The molecular formula is C19H16ClN3O3S. The summed E-state index contributed by atoms with van der Waals surface area (Å²) >= 11 is 7.45. The van der Waals surface area contributed by atoms with Crippen LogP contribution in [0.5, 0.6) is 11.5 Å². The Labute approximate surface area is 165 Å². The molecule has 1 aromatic heterocycles. The maximum atomic E-state index is 12.2. The van der Waals surface area contributed by atoms with Crippen LogP contribution in [0.1, 0.15) is 10.4 Å². The first-order chi connectivity index (χ1) is 13.2. The van der Waals surface area contributed by atoms with Crippen LogP contribution in [0, 0.1) is 0 Å². The molecule has 4 rings (SSSR count). The van der Waals surface area contributed by atoms with Crippen LogP contribution in [0.2, 0.25) is 5.02 Å². The topological polar surface area (TPSA) is 76.2 Å². The molecule has 6 nitrogen and oxygen atoms in total. The Hall–Kier alpha value is -2.64. The van der Waals surface area contributed by atoms with Gasteiger partial charge < -0.3 is 19.8 Å². The van der Waals surface area contributed by atoms with Crippen molar-refractivity contribution in [3.8, 4) is 22.8 Å². The Morgan fingerprint density at radius 3 is 2.85 bits per heavy atom. The van der Waals surface area contributed by atoms with E-state index >= 15 is 0 Å². The standard InChI is InChI=1S/C19H16ClN3O3S/c20-14-4-1-12(2-5-14)15-10-22-19(23-15)27-8-7-21-18(24)13-3-6-16-17(9-13)26-11-25-16/h1-6,9-10H,7-8,11H2,(H,21,24)(H,22,23). The van der Waals surface area contributed by atoms with Crippen molar-refractivity contribution < 1.29 is 14.3 Å².